The normalized spacial score (nSPS) is 16.7. The van der Waals surface area contributed by atoms with Gasteiger partial charge in [0, 0.05) is 18.5 Å². The molecule has 1 fully saturated rings. The summed E-state index contributed by atoms with van der Waals surface area (Å²) in [6, 6.07) is 8.35. The summed E-state index contributed by atoms with van der Waals surface area (Å²) in [6.07, 6.45) is 2.27. The third-order valence-corrected chi connectivity index (χ3v) is 3.87. The average molecular weight is 256 g/mol. The van der Waals surface area contributed by atoms with Crippen LogP contribution in [0.25, 0.3) is 11.4 Å². The molecule has 1 aromatic heterocycles. The number of aryl methyl sites for hydroxylation is 2. The quantitative estimate of drug-likeness (QED) is 0.896. The minimum Gasteiger partial charge on any atom is -0.317 e. The van der Waals surface area contributed by atoms with Gasteiger partial charge >= 0.3 is 0 Å². The lowest BCUT2D eigenvalue weighted by molar-refractivity contribution is 0.443. The van der Waals surface area contributed by atoms with Gasteiger partial charge in [-0.3, -0.25) is 0 Å². The Bertz CT molecular complexity index is 567. The number of piperidine rings is 1. The highest BCUT2D eigenvalue weighted by Crippen LogP contribution is 2.26. The van der Waals surface area contributed by atoms with Gasteiger partial charge in [-0.15, -0.1) is 0 Å². The molecule has 4 nitrogen and oxygen atoms in total. The maximum absolute atomic E-state index is 4.79. The molecule has 0 saturated carbocycles. The van der Waals surface area contributed by atoms with Gasteiger partial charge in [0.1, 0.15) is 0 Å². The van der Waals surface area contributed by atoms with E-state index in [1.165, 1.54) is 11.1 Å². The topological polar surface area (TPSA) is 42.7 Å². The summed E-state index contributed by atoms with van der Waals surface area (Å²) < 4.78 is 1.92. The summed E-state index contributed by atoms with van der Waals surface area (Å²) in [5.41, 5.74) is 2.42. The second-order valence-corrected chi connectivity index (χ2v) is 5.26. The number of aromatic nitrogens is 3. The van der Waals surface area contributed by atoms with E-state index in [4.69, 9.17) is 4.98 Å². The van der Waals surface area contributed by atoms with Crippen LogP contribution in [-0.4, -0.2) is 27.9 Å². The first-order chi connectivity index (χ1) is 9.25. The molecule has 1 aliphatic heterocycles. The van der Waals surface area contributed by atoms with Crippen LogP contribution in [0, 0.1) is 6.92 Å². The summed E-state index contributed by atoms with van der Waals surface area (Å²) >= 11 is 0. The van der Waals surface area contributed by atoms with E-state index in [0.29, 0.717) is 5.92 Å². The second kappa shape index (κ2) is 5.13. The van der Waals surface area contributed by atoms with E-state index in [0.717, 1.165) is 37.6 Å². The van der Waals surface area contributed by atoms with Crippen LogP contribution in [0.5, 0.6) is 0 Å². The van der Waals surface area contributed by atoms with Gasteiger partial charge in [-0.25, -0.2) is 9.67 Å². The van der Waals surface area contributed by atoms with Gasteiger partial charge in [0.2, 0.25) is 0 Å². The van der Waals surface area contributed by atoms with Crippen LogP contribution in [-0.2, 0) is 7.05 Å². The monoisotopic (exact) mass is 256 g/mol. The molecule has 0 unspecified atom stereocenters. The van der Waals surface area contributed by atoms with E-state index in [1.54, 1.807) is 0 Å². The van der Waals surface area contributed by atoms with Gasteiger partial charge in [0.05, 0.1) is 0 Å². The van der Waals surface area contributed by atoms with Crippen molar-refractivity contribution in [2.75, 3.05) is 13.1 Å². The Morgan fingerprint density at radius 1 is 1.21 bits per heavy atom. The SMILES string of the molecule is Cc1ccccc1-c1nc(C2CCNCC2)nn1C. The van der Waals surface area contributed by atoms with Crippen molar-refractivity contribution in [1.29, 1.82) is 0 Å². The third-order valence-electron chi connectivity index (χ3n) is 3.87. The molecule has 100 valence electrons. The largest absolute Gasteiger partial charge is 0.317 e. The molecule has 0 spiro atoms. The van der Waals surface area contributed by atoms with Crippen LogP contribution in [0.1, 0.15) is 30.1 Å². The Morgan fingerprint density at radius 3 is 2.68 bits per heavy atom. The Kier molecular flexibility index (Phi) is 3.34. The van der Waals surface area contributed by atoms with Gasteiger partial charge in [-0.1, -0.05) is 24.3 Å². The van der Waals surface area contributed by atoms with Crippen molar-refractivity contribution in [3.63, 3.8) is 0 Å². The van der Waals surface area contributed by atoms with Crippen LogP contribution < -0.4 is 5.32 Å². The molecular formula is C15H20N4. The number of rotatable bonds is 2. The first-order valence-electron chi connectivity index (χ1n) is 6.93. The van der Waals surface area contributed by atoms with Crippen molar-refractivity contribution in [1.82, 2.24) is 20.1 Å². The van der Waals surface area contributed by atoms with Gasteiger partial charge in [0.15, 0.2) is 11.6 Å². The van der Waals surface area contributed by atoms with Gasteiger partial charge < -0.3 is 5.32 Å². The molecule has 1 aliphatic rings. The fourth-order valence-electron chi connectivity index (χ4n) is 2.72. The first kappa shape index (κ1) is 12.4. The van der Waals surface area contributed by atoms with Gasteiger partial charge in [0.25, 0.3) is 0 Å². The highest BCUT2D eigenvalue weighted by atomic mass is 15.3. The molecule has 3 rings (SSSR count). The van der Waals surface area contributed by atoms with Crippen molar-refractivity contribution in [2.24, 2.45) is 7.05 Å². The van der Waals surface area contributed by atoms with E-state index in [9.17, 15) is 0 Å². The van der Waals surface area contributed by atoms with Crippen molar-refractivity contribution in [3.8, 4) is 11.4 Å². The predicted molar refractivity (Wildman–Crippen MR) is 76.0 cm³/mol. The summed E-state index contributed by atoms with van der Waals surface area (Å²) in [5.74, 6) is 2.49. The lowest BCUT2D eigenvalue weighted by Gasteiger charge is -2.19. The molecule has 0 atom stereocenters. The Labute approximate surface area is 113 Å². The smallest absolute Gasteiger partial charge is 0.158 e. The number of hydrogen-bond donors (Lipinski definition) is 1. The van der Waals surface area contributed by atoms with Crippen LogP contribution in [0.3, 0.4) is 0 Å². The third kappa shape index (κ3) is 2.40. The summed E-state index contributed by atoms with van der Waals surface area (Å²) in [6.45, 7) is 4.26. The van der Waals surface area contributed by atoms with Crippen molar-refractivity contribution in [3.05, 3.63) is 35.7 Å². The molecule has 0 bridgehead atoms. The second-order valence-electron chi connectivity index (χ2n) is 5.26. The maximum atomic E-state index is 4.79. The summed E-state index contributed by atoms with van der Waals surface area (Å²) in [5, 5.41) is 8.01. The molecule has 2 heterocycles. The molecule has 19 heavy (non-hydrogen) atoms. The summed E-state index contributed by atoms with van der Waals surface area (Å²) in [4.78, 5) is 4.79. The van der Waals surface area contributed by atoms with Crippen molar-refractivity contribution >= 4 is 0 Å². The molecule has 4 heteroatoms. The van der Waals surface area contributed by atoms with Gasteiger partial charge in [-0.05, 0) is 38.4 Å². The van der Waals surface area contributed by atoms with E-state index >= 15 is 0 Å². The molecule has 2 aromatic rings. The first-order valence-corrected chi connectivity index (χ1v) is 6.93. The number of nitrogens with one attached hydrogen (secondary N) is 1. The molecule has 1 N–H and O–H groups in total. The van der Waals surface area contributed by atoms with Crippen LogP contribution >= 0.6 is 0 Å². The van der Waals surface area contributed by atoms with Crippen LogP contribution in [0.4, 0.5) is 0 Å². The van der Waals surface area contributed by atoms with E-state index in [-0.39, 0.29) is 0 Å². The van der Waals surface area contributed by atoms with E-state index in [1.807, 2.05) is 11.7 Å². The Morgan fingerprint density at radius 2 is 1.95 bits per heavy atom. The minimum atomic E-state index is 0.505. The zero-order valence-electron chi connectivity index (χ0n) is 11.6. The standard InChI is InChI=1S/C15H20N4/c1-11-5-3-4-6-13(11)15-17-14(18-19(15)2)12-7-9-16-10-8-12/h3-6,12,16H,7-10H2,1-2H3. The number of nitrogens with zero attached hydrogens (tertiary/aromatic N) is 3. The highest BCUT2D eigenvalue weighted by molar-refractivity contribution is 5.59. The molecule has 0 aliphatic carbocycles. The van der Waals surface area contributed by atoms with Crippen LogP contribution in [0.15, 0.2) is 24.3 Å². The van der Waals surface area contributed by atoms with Crippen molar-refractivity contribution < 1.29 is 0 Å². The molecule has 1 saturated heterocycles. The molecule has 1 aromatic carbocycles. The summed E-state index contributed by atoms with van der Waals surface area (Å²) in [7, 11) is 1.99. The lowest BCUT2D eigenvalue weighted by Crippen LogP contribution is -2.27. The number of hydrogen-bond acceptors (Lipinski definition) is 3. The maximum Gasteiger partial charge on any atom is 0.158 e. The highest BCUT2D eigenvalue weighted by Gasteiger charge is 2.21. The molecular weight excluding hydrogens is 236 g/mol. The zero-order valence-corrected chi connectivity index (χ0v) is 11.6. The molecule has 0 amide bonds. The minimum absolute atomic E-state index is 0.505. The molecule has 0 radical (unpaired) electrons. The lowest BCUT2D eigenvalue weighted by atomic mass is 9.97. The Hall–Kier alpha value is -1.68. The van der Waals surface area contributed by atoms with E-state index in [2.05, 4.69) is 41.6 Å². The van der Waals surface area contributed by atoms with Gasteiger partial charge in [-0.2, -0.15) is 5.10 Å². The van der Waals surface area contributed by atoms with Crippen molar-refractivity contribution in [2.45, 2.75) is 25.7 Å². The van der Waals surface area contributed by atoms with Crippen LogP contribution in [0.2, 0.25) is 0 Å². The predicted octanol–water partition coefficient (Wildman–Crippen LogP) is 2.26. The fraction of sp³-hybridized carbons (Fsp3) is 0.467. The average Bonchev–Trinajstić information content (AvgIpc) is 2.82. The number of benzene rings is 1. The zero-order chi connectivity index (χ0) is 13.2. The van der Waals surface area contributed by atoms with E-state index < -0.39 is 0 Å². The fourth-order valence-corrected chi connectivity index (χ4v) is 2.72. The Balaban J connectivity index is 1.95.